The van der Waals surface area contributed by atoms with Crippen molar-refractivity contribution in [3.8, 4) is 0 Å². The van der Waals surface area contributed by atoms with E-state index in [1.807, 2.05) is 6.92 Å². The van der Waals surface area contributed by atoms with E-state index in [-0.39, 0.29) is 5.91 Å². The summed E-state index contributed by atoms with van der Waals surface area (Å²) in [4.78, 5) is 21.3. The van der Waals surface area contributed by atoms with Gasteiger partial charge in [-0.05, 0) is 13.8 Å². The number of hydrogen-bond acceptors (Lipinski definition) is 3. The summed E-state index contributed by atoms with van der Waals surface area (Å²) in [6.07, 6.45) is 0.385. The summed E-state index contributed by atoms with van der Waals surface area (Å²) >= 11 is 1.28. The van der Waals surface area contributed by atoms with Crippen LogP contribution in [-0.4, -0.2) is 34.5 Å². The molecule has 1 unspecified atom stereocenters. The minimum atomic E-state index is -0.833. The van der Waals surface area contributed by atoms with Crippen LogP contribution in [-0.2, 0) is 9.59 Å². The minimum Gasteiger partial charge on any atom is -0.480 e. The average Bonchev–Trinajstić information content (AvgIpc) is 2.04. The van der Waals surface area contributed by atoms with Crippen LogP contribution in [0.2, 0.25) is 0 Å². The van der Waals surface area contributed by atoms with E-state index in [1.54, 1.807) is 6.92 Å². The first-order valence-corrected chi connectivity index (χ1v) is 5.24. The molecule has 0 aliphatic carbocycles. The third-order valence-electron chi connectivity index (χ3n) is 1.42. The topological polar surface area (TPSA) is 66.4 Å². The lowest BCUT2D eigenvalue weighted by Gasteiger charge is -2.05. The zero-order chi connectivity index (χ0) is 10.3. The van der Waals surface area contributed by atoms with Crippen molar-refractivity contribution in [2.45, 2.75) is 25.5 Å². The Morgan fingerprint density at radius 1 is 1.54 bits per heavy atom. The standard InChI is InChI=1S/C8H15NO3S/c1-3-9-7(10)4-5-13-6(2)8(11)12/h6H,3-5H2,1-2H3,(H,9,10)(H,11,12). The third kappa shape index (κ3) is 6.45. The fraction of sp³-hybridized carbons (Fsp3) is 0.750. The van der Waals surface area contributed by atoms with Crippen LogP contribution < -0.4 is 5.32 Å². The second-order valence-corrected chi connectivity index (χ2v) is 4.00. The van der Waals surface area contributed by atoms with Crippen molar-refractivity contribution in [2.24, 2.45) is 0 Å². The zero-order valence-electron chi connectivity index (χ0n) is 7.87. The van der Waals surface area contributed by atoms with Crippen molar-refractivity contribution in [1.82, 2.24) is 5.32 Å². The summed E-state index contributed by atoms with van der Waals surface area (Å²) < 4.78 is 0. The van der Waals surface area contributed by atoms with Gasteiger partial charge in [0.05, 0.1) is 5.25 Å². The predicted octanol–water partition coefficient (Wildman–Crippen LogP) is 0.719. The van der Waals surface area contributed by atoms with Crippen LogP contribution >= 0.6 is 11.8 Å². The summed E-state index contributed by atoms with van der Waals surface area (Å²) in [5.74, 6) is -0.298. The third-order valence-corrected chi connectivity index (χ3v) is 2.56. The molecule has 0 aliphatic heterocycles. The number of carbonyl (C=O) groups excluding carboxylic acids is 1. The maximum Gasteiger partial charge on any atom is 0.316 e. The van der Waals surface area contributed by atoms with Crippen molar-refractivity contribution in [3.63, 3.8) is 0 Å². The first kappa shape index (κ1) is 12.3. The summed E-state index contributed by atoms with van der Waals surface area (Å²) in [6, 6.07) is 0. The quantitative estimate of drug-likeness (QED) is 0.670. The summed E-state index contributed by atoms with van der Waals surface area (Å²) in [5.41, 5.74) is 0. The molecule has 0 heterocycles. The van der Waals surface area contributed by atoms with Crippen molar-refractivity contribution in [3.05, 3.63) is 0 Å². The highest BCUT2D eigenvalue weighted by molar-refractivity contribution is 8.00. The number of hydrogen-bond donors (Lipinski definition) is 2. The van der Waals surface area contributed by atoms with Crippen LogP contribution in [0.1, 0.15) is 20.3 Å². The highest BCUT2D eigenvalue weighted by Crippen LogP contribution is 2.11. The largest absolute Gasteiger partial charge is 0.480 e. The van der Waals surface area contributed by atoms with Crippen molar-refractivity contribution in [2.75, 3.05) is 12.3 Å². The molecule has 0 aromatic heterocycles. The van der Waals surface area contributed by atoms with Crippen LogP contribution in [0, 0.1) is 0 Å². The molecule has 0 aromatic carbocycles. The van der Waals surface area contributed by atoms with E-state index in [9.17, 15) is 9.59 Å². The average molecular weight is 205 g/mol. The van der Waals surface area contributed by atoms with Gasteiger partial charge in [-0.25, -0.2) is 0 Å². The first-order valence-electron chi connectivity index (χ1n) is 4.19. The van der Waals surface area contributed by atoms with E-state index in [0.29, 0.717) is 18.7 Å². The maximum atomic E-state index is 10.9. The number of carboxylic acids is 1. The number of carboxylic acid groups (broad SMARTS) is 1. The molecule has 76 valence electrons. The Morgan fingerprint density at radius 2 is 2.15 bits per heavy atom. The number of carbonyl (C=O) groups is 2. The Labute approximate surface area is 82.1 Å². The lowest BCUT2D eigenvalue weighted by atomic mass is 10.4. The van der Waals surface area contributed by atoms with Gasteiger partial charge in [0.2, 0.25) is 5.91 Å². The smallest absolute Gasteiger partial charge is 0.316 e. The van der Waals surface area contributed by atoms with Gasteiger partial charge in [0.25, 0.3) is 0 Å². The normalized spacial score (nSPS) is 12.2. The van der Waals surface area contributed by atoms with Gasteiger partial charge < -0.3 is 10.4 Å². The van der Waals surface area contributed by atoms with Gasteiger partial charge in [-0.3, -0.25) is 9.59 Å². The molecule has 0 aliphatic rings. The van der Waals surface area contributed by atoms with Crippen LogP contribution in [0.25, 0.3) is 0 Å². The van der Waals surface area contributed by atoms with Crippen molar-refractivity contribution >= 4 is 23.6 Å². The molecular formula is C8H15NO3S. The van der Waals surface area contributed by atoms with Gasteiger partial charge in [0.1, 0.15) is 0 Å². The van der Waals surface area contributed by atoms with Gasteiger partial charge in [-0.2, -0.15) is 0 Å². The van der Waals surface area contributed by atoms with E-state index in [0.717, 1.165) is 0 Å². The molecule has 0 saturated heterocycles. The molecule has 5 heteroatoms. The number of amides is 1. The molecule has 0 rings (SSSR count). The number of aliphatic carboxylic acids is 1. The number of nitrogens with one attached hydrogen (secondary N) is 1. The van der Waals surface area contributed by atoms with Crippen LogP contribution in [0.5, 0.6) is 0 Å². The molecule has 1 atom stereocenters. The van der Waals surface area contributed by atoms with Crippen LogP contribution in [0.4, 0.5) is 0 Å². The predicted molar refractivity (Wildman–Crippen MR) is 52.9 cm³/mol. The number of rotatable bonds is 6. The van der Waals surface area contributed by atoms with E-state index in [2.05, 4.69) is 5.32 Å². The Kier molecular flexibility index (Phi) is 6.40. The fourth-order valence-electron chi connectivity index (χ4n) is 0.685. The summed E-state index contributed by atoms with van der Waals surface area (Å²) in [6.45, 7) is 4.09. The molecule has 4 nitrogen and oxygen atoms in total. The Morgan fingerprint density at radius 3 is 2.62 bits per heavy atom. The molecule has 0 bridgehead atoms. The molecule has 2 N–H and O–H groups in total. The second-order valence-electron chi connectivity index (χ2n) is 2.55. The first-order chi connectivity index (χ1) is 6.07. The molecule has 0 spiro atoms. The molecule has 0 radical (unpaired) electrons. The van der Waals surface area contributed by atoms with E-state index in [4.69, 9.17) is 5.11 Å². The highest BCUT2D eigenvalue weighted by Gasteiger charge is 2.11. The van der Waals surface area contributed by atoms with Gasteiger partial charge in [0.15, 0.2) is 0 Å². The van der Waals surface area contributed by atoms with E-state index >= 15 is 0 Å². The molecular weight excluding hydrogens is 190 g/mol. The lowest BCUT2D eigenvalue weighted by molar-refractivity contribution is -0.136. The summed E-state index contributed by atoms with van der Waals surface area (Å²) in [7, 11) is 0. The van der Waals surface area contributed by atoms with Gasteiger partial charge >= 0.3 is 5.97 Å². The lowest BCUT2D eigenvalue weighted by Crippen LogP contribution is -2.23. The highest BCUT2D eigenvalue weighted by atomic mass is 32.2. The molecule has 0 aromatic rings. The van der Waals surface area contributed by atoms with Crippen molar-refractivity contribution in [1.29, 1.82) is 0 Å². The zero-order valence-corrected chi connectivity index (χ0v) is 8.69. The summed E-state index contributed by atoms with van der Waals surface area (Å²) in [5, 5.41) is 10.7. The SMILES string of the molecule is CCNC(=O)CCSC(C)C(=O)O. The fourth-order valence-corrected chi connectivity index (χ4v) is 1.48. The molecule has 13 heavy (non-hydrogen) atoms. The molecule has 0 saturated carbocycles. The van der Waals surface area contributed by atoms with E-state index < -0.39 is 11.2 Å². The molecule has 0 fully saturated rings. The van der Waals surface area contributed by atoms with Gasteiger partial charge in [0, 0.05) is 18.7 Å². The second kappa shape index (κ2) is 6.77. The Bertz CT molecular complexity index is 184. The molecule has 1 amide bonds. The minimum absolute atomic E-state index is 0.0208. The van der Waals surface area contributed by atoms with E-state index in [1.165, 1.54) is 11.8 Å². The van der Waals surface area contributed by atoms with Crippen molar-refractivity contribution < 1.29 is 14.7 Å². The van der Waals surface area contributed by atoms with Crippen LogP contribution in [0.15, 0.2) is 0 Å². The monoisotopic (exact) mass is 205 g/mol. The van der Waals surface area contributed by atoms with Gasteiger partial charge in [-0.1, -0.05) is 0 Å². The Balaban J connectivity index is 3.44. The van der Waals surface area contributed by atoms with Gasteiger partial charge in [-0.15, -0.1) is 11.8 Å². The maximum absolute atomic E-state index is 10.9. The Hall–Kier alpha value is -0.710. The number of thioether (sulfide) groups is 1. The van der Waals surface area contributed by atoms with Crippen LogP contribution in [0.3, 0.4) is 0 Å².